The van der Waals surface area contributed by atoms with Gasteiger partial charge in [-0.2, -0.15) is 15.1 Å². The first kappa shape index (κ1) is 12.2. The molecule has 0 amide bonds. The van der Waals surface area contributed by atoms with E-state index in [2.05, 4.69) is 36.0 Å². The number of anilines is 1. The van der Waals surface area contributed by atoms with Gasteiger partial charge in [0, 0.05) is 18.6 Å². The first-order chi connectivity index (χ1) is 8.72. The van der Waals surface area contributed by atoms with Gasteiger partial charge in [-0.25, -0.2) is 9.67 Å². The lowest BCUT2D eigenvalue weighted by Gasteiger charge is -2.04. The van der Waals surface area contributed by atoms with Gasteiger partial charge in [0.15, 0.2) is 5.82 Å². The Labute approximate surface area is 111 Å². The van der Waals surface area contributed by atoms with Gasteiger partial charge in [0.05, 0.1) is 0 Å². The predicted octanol–water partition coefficient (Wildman–Crippen LogP) is 1.18. The normalized spacial score (nSPS) is 11.6. The molecule has 0 spiro atoms. The number of hydrogen-bond donors (Lipinski definition) is 2. The molecule has 92 valence electrons. The third kappa shape index (κ3) is 2.54. The van der Waals surface area contributed by atoms with Crippen LogP contribution in [0.1, 0.15) is 0 Å². The van der Waals surface area contributed by atoms with E-state index in [1.54, 1.807) is 24.5 Å². The van der Waals surface area contributed by atoms with Crippen LogP contribution in [0, 0.1) is 0 Å². The van der Waals surface area contributed by atoms with Gasteiger partial charge in [-0.3, -0.25) is 0 Å². The van der Waals surface area contributed by atoms with Gasteiger partial charge in [0.2, 0.25) is 0 Å². The van der Waals surface area contributed by atoms with E-state index in [1.807, 2.05) is 0 Å². The van der Waals surface area contributed by atoms with Gasteiger partial charge in [-0.05, 0) is 34.3 Å². The smallest absolute Gasteiger partial charge is 0.254 e. The maximum Gasteiger partial charge on any atom is 0.254 e. The SMILES string of the molecule is NC=CC=Nc1nc(-n2cccn2)nc(N)c1Br. The molecule has 2 heterocycles. The highest BCUT2D eigenvalue weighted by Gasteiger charge is 2.10. The maximum absolute atomic E-state index is 5.78. The minimum atomic E-state index is 0.291. The fourth-order valence-electron chi connectivity index (χ4n) is 1.18. The third-order valence-corrected chi connectivity index (χ3v) is 2.71. The zero-order valence-corrected chi connectivity index (χ0v) is 10.8. The van der Waals surface area contributed by atoms with Crippen molar-refractivity contribution in [3.05, 3.63) is 35.2 Å². The predicted molar refractivity (Wildman–Crippen MR) is 72.7 cm³/mol. The topological polar surface area (TPSA) is 108 Å². The molecule has 0 fully saturated rings. The Bertz CT molecular complexity index is 589. The minimum Gasteiger partial charge on any atom is -0.405 e. The van der Waals surface area contributed by atoms with Gasteiger partial charge >= 0.3 is 0 Å². The lowest BCUT2D eigenvalue weighted by Crippen LogP contribution is -2.05. The Morgan fingerprint density at radius 3 is 2.89 bits per heavy atom. The molecule has 4 N–H and O–H groups in total. The monoisotopic (exact) mass is 307 g/mol. The summed E-state index contributed by atoms with van der Waals surface area (Å²) in [6, 6.07) is 1.77. The Morgan fingerprint density at radius 1 is 1.39 bits per heavy atom. The summed E-state index contributed by atoms with van der Waals surface area (Å²) in [6.07, 6.45) is 7.81. The number of halogens is 1. The summed E-state index contributed by atoms with van der Waals surface area (Å²) in [4.78, 5) is 12.5. The summed E-state index contributed by atoms with van der Waals surface area (Å²) in [6.45, 7) is 0. The summed E-state index contributed by atoms with van der Waals surface area (Å²) in [5.74, 6) is 1.05. The summed E-state index contributed by atoms with van der Waals surface area (Å²) in [7, 11) is 0. The number of nitrogen functional groups attached to an aromatic ring is 1. The highest BCUT2D eigenvalue weighted by Crippen LogP contribution is 2.28. The number of allylic oxidation sites excluding steroid dienone is 1. The second-order valence-electron chi connectivity index (χ2n) is 3.16. The number of nitrogens with two attached hydrogens (primary N) is 2. The van der Waals surface area contributed by atoms with Gasteiger partial charge in [-0.15, -0.1) is 0 Å². The zero-order chi connectivity index (χ0) is 13.0. The molecule has 0 aliphatic heterocycles. The maximum atomic E-state index is 5.78. The molecule has 0 aromatic carbocycles. The van der Waals surface area contributed by atoms with Crippen LogP contribution >= 0.6 is 15.9 Å². The molecule has 0 aliphatic rings. The van der Waals surface area contributed by atoms with Crippen molar-refractivity contribution in [2.45, 2.75) is 0 Å². The van der Waals surface area contributed by atoms with Crippen LogP contribution in [0.3, 0.4) is 0 Å². The molecule has 2 aromatic heterocycles. The van der Waals surface area contributed by atoms with Gasteiger partial charge in [0.25, 0.3) is 5.95 Å². The lowest BCUT2D eigenvalue weighted by molar-refractivity contribution is 0.809. The molecular weight excluding hydrogens is 298 g/mol. The highest BCUT2D eigenvalue weighted by molar-refractivity contribution is 9.10. The fourth-order valence-corrected chi connectivity index (χ4v) is 1.46. The van der Waals surface area contributed by atoms with Crippen molar-refractivity contribution in [1.29, 1.82) is 0 Å². The van der Waals surface area contributed by atoms with E-state index in [0.29, 0.717) is 22.1 Å². The molecule has 0 bridgehead atoms. The lowest BCUT2D eigenvalue weighted by atomic mass is 10.5. The average molecular weight is 308 g/mol. The van der Waals surface area contributed by atoms with E-state index >= 15 is 0 Å². The number of aliphatic imine (C=N–C) groups is 1. The first-order valence-corrected chi connectivity index (χ1v) is 5.75. The van der Waals surface area contributed by atoms with Crippen LogP contribution in [-0.4, -0.2) is 26.0 Å². The van der Waals surface area contributed by atoms with Crippen molar-refractivity contribution in [2.75, 3.05) is 5.73 Å². The number of rotatable bonds is 3. The van der Waals surface area contributed by atoms with E-state index in [0.717, 1.165) is 0 Å². The van der Waals surface area contributed by atoms with Gasteiger partial charge in [0.1, 0.15) is 10.3 Å². The molecular formula is C10H10BrN7. The van der Waals surface area contributed by atoms with E-state index in [1.165, 1.54) is 17.1 Å². The Morgan fingerprint density at radius 2 is 2.22 bits per heavy atom. The van der Waals surface area contributed by atoms with Crippen molar-refractivity contribution in [1.82, 2.24) is 19.7 Å². The van der Waals surface area contributed by atoms with E-state index in [-0.39, 0.29) is 0 Å². The Kier molecular flexibility index (Phi) is 3.68. The molecule has 2 aromatic rings. The second-order valence-corrected chi connectivity index (χ2v) is 3.95. The van der Waals surface area contributed by atoms with E-state index < -0.39 is 0 Å². The van der Waals surface area contributed by atoms with Gasteiger partial charge in [-0.1, -0.05) is 0 Å². The standard InChI is InChI=1S/C10H10BrN7/c11-7-8(13)16-10(18-6-2-5-15-18)17-9(7)14-4-1-3-12/h1-6H,12H2,(H2,13,16,17). The first-order valence-electron chi connectivity index (χ1n) is 4.96. The van der Waals surface area contributed by atoms with Crippen LogP contribution in [0.25, 0.3) is 5.95 Å². The van der Waals surface area contributed by atoms with Crippen molar-refractivity contribution in [3.63, 3.8) is 0 Å². The van der Waals surface area contributed by atoms with Crippen LogP contribution in [0.5, 0.6) is 0 Å². The van der Waals surface area contributed by atoms with E-state index in [4.69, 9.17) is 11.5 Å². The van der Waals surface area contributed by atoms with Crippen LogP contribution in [0.4, 0.5) is 11.6 Å². The molecule has 0 aliphatic carbocycles. The number of hydrogen-bond acceptors (Lipinski definition) is 6. The molecule has 7 nitrogen and oxygen atoms in total. The zero-order valence-electron chi connectivity index (χ0n) is 9.23. The molecule has 8 heteroatoms. The Hall–Kier alpha value is -2.22. The largest absolute Gasteiger partial charge is 0.405 e. The van der Waals surface area contributed by atoms with Crippen LogP contribution in [-0.2, 0) is 0 Å². The minimum absolute atomic E-state index is 0.291. The highest BCUT2D eigenvalue weighted by atomic mass is 79.9. The summed E-state index contributed by atoms with van der Waals surface area (Å²) in [5, 5.41) is 4.03. The molecule has 2 rings (SSSR count). The second kappa shape index (κ2) is 5.41. The van der Waals surface area contributed by atoms with Crippen molar-refractivity contribution in [2.24, 2.45) is 10.7 Å². The molecule has 0 saturated carbocycles. The van der Waals surface area contributed by atoms with Crippen molar-refractivity contribution < 1.29 is 0 Å². The quantitative estimate of drug-likeness (QED) is 0.828. The van der Waals surface area contributed by atoms with Crippen LogP contribution < -0.4 is 11.5 Å². The molecule has 0 unspecified atom stereocenters. The van der Waals surface area contributed by atoms with E-state index in [9.17, 15) is 0 Å². The Balaban J connectivity index is 2.46. The third-order valence-electron chi connectivity index (χ3n) is 1.95. The summed E-state index contributed by atoms with van der Waals surface area (Å²) in [5.41, 5.74) is 11.0. The average Bonchev–Trinajstić information content (AvgIpc) is 2.88. The van der Waals surface area contributed by atoms with Crippen LogP contribution in [0.2, 0.25) is 0 Å². The molecule has 0 saturated heterocycles. The molecule has 0 radical (unpaired) electrons. The summed E-state index contributed by atoms with van der Waals surface area (Å²) >= 11 is 3.28. The number of nitrogens with zero attached hydrogens (tertiary/aromatic N) is 5. The van der Waals surface area contributed by atoms with Gasteiger partial charge < -0.3 is 11.5 Å². The summed E-state index contributed by atoms with van der Waals surface area (Å²) < 4.78 is 2.03. The molecule has 18 heavy (non-hydrogen) atoms. The number of aromatic nitrogens is 4. The van der Waals surface area contributed by atoms with Crippen molar-refractivity contribution >= 4 is 33.8 Å². The van der Waals surface area contributed by atoms with Crippen LogP contribution in [0.15, 0.2) is 40.2 Å². The molecule has 0 atom stereocenters. The fraction of sp³-hybridized carbons (Fsp3) is 0. The van der Waals surface area contributed by atoms with Crippen molar-refractivity contribution in [3.8, 4) is 5.95 Å².